The lowest BCUT2D eigenvalue weighted by Crippen LogP contribution is -2.06. The normalized spacial score (nSPS) is 11.2. The standard InChI is InChI=1S/C67H33F3N8/c1-74-49-29-46(28-48(36-49)67(68,69)70)47-34-65(77-61-24-20-40(50-14-6-4-12-44(50)37-71)30-54(61)56-32-42(22-26-63(56)77)52-16-8-10-18-59(52)75-2)58(39-73)66(35-47)78-62-25-21-41(51-15-7-5-13-45(51)38-72)31-55(62)57-33-43(23-27-64(57)78)53-17-9-11-19-60(53)76-3/h4-36H. The Bertz CT molecular complexity index is 4330. The molecule has 78 heavy (non-hydrogen) atoms. The van der Waals surface area contributed by atoms with Crippen LogP contribution in [0.1, 0.15) is 22.3 Å². The lowest BCUT2D eigenvalue weighted by Gasteiger charge is -2.19. The van der Waals surface area contributed by atoms with E-state index in [1.54, 1.807) is 60.7 Å². The highest BCUT2D eigenvalue weighted by Gasteiger charge is 2.32. The summed E-state index contributed by atoms with van der Waals surface area (Å²) in [6, 6.07) is 66.1. The molecule has 0 N–H and O–H groups in total. The third-order valence-electron chi connectivity index (χ3n) is 14.3. The number of alkyl halides is 3. The van der Waals surface area contributed by atoms with Gasteiger partial charge < -0.3 is 9.13 Å². The number of aromatic nitrogens is 2. The van der Waals surface area contributed by atoms with Crippen molar-refractivity contribution in [3.05, 3.63) is 257 Å². The molecule has 12 rings (SSSR count). The molecule has 0 saturated carbocycles. The van der Waals surface area contributed by atoms with Crippen LogP contribution in [0.25, 0.3) is 125 Å². The summed E-state index contributed by atoms with van der Waals surface area (Å²) in [5.41, 5.74) is 10.1. The Kier molecular flexibility index (Phi) is 11.4. The fraction of sp³-hybridized carbons (Fsp3) is 0.0149. The Morgan fingerprint density at radius 3 is 1.12 bits per heavy atom. The summed E-state index contributed by atoms with van der Waals surface area (Å²) in [7, 11) is 0. The van der Waals surface area contributed by atoms with Crippen molar-refractivity contribution in [2.24, 2.45) is 0 Å². The molecular weight excluding hydrogens is 974 g/mol. The van der Waals surface area contributed by atoms with E-state index in [1.165, 1.54) is 6.07 Å². The van der Waals surface area contributed by atoms with Gasteiger partial charge in [0, 0.05) is 27.1 Å². The van der Waals surface area contributed by atoms with E-state index in [0.29, 0.717) is 78.2 Å². The highest BCUT2D eigenvalue weighted by Crippen LogP contribution is 2.46. The van der Waals surface area contributed by atoms with Crippen molar-refractivity contribution in [3.63, 3.8) is 0 Å². The molecule has 8 nitrogen and oxygen atoms in total. The number of halogens is 3. The molecule has 0 spiro atoms. The summed E-state index contributed by atoms with van der Waals surface area (Å²) in [5.74, 6) is 0. The van der Waals surface area contributed by atoms with Gasteiger partial charge in [-0.1, -0.05) is 109 Å². The predicted octanol–water partition coefficient (Wildman–Crippen LogP) is 18.5. The Morgan fingerprint density at radius 2 is 0.744 bits per heavy atom. The summed E-state index contributed by atoms with van der Waals surface area (Å²) in [6.45, 7) is 23.9. The van der Waals surface area contributed by atoms with E-state index in [2.05, 4.69) is 32.7 Å². The van der Waals surface area contributed by atoms with Gasteiger partial charge in [-0.15, -0.1) is 0 Å². The van der Waals surface area contributed by atoms with Gasteiger partial charge in [0.05, 0.1) is 76.4 Å². The van der Waals surface area contributed by atoms with Crippen molar-refractivity contribution < 1.29 is 13.2 Å². The number of fused-ring (bicyclic) bond motifs is 6. The molecule has 0 atom stereocenters. The van der Waals surface area contributed by atoms with Crippen LogP contribution in [-0.2, 0) is 6.18 Å². The van der Waals surface area contributed by atoms with Crippen LogP contribution in [0.15, 0.2) is 200 Å². The second-order valence-electron chi connectivity index (χ2n) is 18.6. The summed E-state index contributed by atoms with van der Waals surface area (Å²) in [5, 5.41) is 35.1. The van der Waals surface area contributed by atoms with E-state index in [9.17, 15) is 29.0 Å². The number of nitrogens with zero attached hydrogens (tertiary/aromatic N) is 8. The van der Waals surface area contributed by atoms with Crippen LogP contribution in [-0.4, -0.2) is 9.13 Å². The first-order valence-corrected chi connectivity index (χ1v) is 24.3. The van der Waals surface area contributed by atoms with Crippen molar-refractivity contribution in [1.82, 2.24) is 9.13 Å². The highest BCUT2D eigenvalue weighted by atomic mass is 19.4. The van der Waals surface area contributed by atoms with Crippen molar-refractivity contribution in [2.75, 3.05) is 0 Å². The molecule has 0 saturated heterocycles. The molecule has 11 heteroatoms. The summed E-state index contributed by atoms with van der Waals surface area (Å²) < 4.78 is 48.3. The van der Waals surface area contributed by atoms with Gasteiger partial charge in [0.2, 0.25) is 0 Å². The van der Waals surface area contributed by atoms with Gasteiger partial charge in [0.15, 0.2) is 17.1 Å². The molecule has 0 fully saturated rings. The minimum absolute atomic E-state index is 0.0891. The van der Waals surface area contributed by atoms with Crippen molar-refractivity contribution in [3.8, 4) is 85.2 Å². The molecular formula is C67H33F3N8. The van der Waals surface area contributed by atoms with E-state index < -0.39 is 11.7 Å². The molecule has 2 aromatic heterocycles. The van der Waals surface area contributed by atoms with Gasteiger partial charge in [-0.25, -0.2) is 14.5 Å². The number of hydrogen-bond donors (Lipinski definition) is 0. The van der Waals surface area contributed by atoms with Crippen LogP contribution in [0.4, 0.5) is 30.2 Å². The van der Waals surface area contributed by atoms with Crippen LogP contribution >= 0.6 is 0 Å². The first kappa shape index (κ1) is 47.5. The maximum Gasteiger partial charge on any atom is 0.415 e. The number of para-hydroxylation sites is 2. The van der Waals surface area contributed by atoms with E-state index in [-0.39, 0.29) is 22.4 Å². The number of hydrogen-bond acceptors (Lipinski definition) is 3. The maximum atomic E-state index is 14.8. The molecule has 0 amide bonds. The average molecular weight is 1010 g/mol. The Labute approximate surface area is 444 Å². The van der Waals surface area contributed by atoms with Crippen LogP contribution in [0.2, 0.25) is 0 Å². The molecule has 0 aliphatic carbocycles. The SMILES string of the molecule is [C-]#[N+]c1cc(-c2cc(-n3c4ccc(-c5ccccc5C#N)cc4c4cc(-c5ccccc5[N+]#[C-])ccc43)c(C#N)c(-n3c4ccc(-c5ccccc5C#N)cc4c4cc(-c5ccccc5[N+]#[C-])ccc43)c2)cc(C(F)(F)F)c1. The van der Waals surface area contributed by atoms with E-state index in [4.69, 9.17) is 19.7 Å². The van der Waals surface area contributed by atoms with Gasteiger partial charge in [0.25, 0.3) is 0 Å². The Hall–Kier alpha value is -11.5. The Balaban J connectivity index is 1.22. The highest BCUT2D eigenvalue weighted by molar-refractivity contribution is 6.14. The first-order valence-electron chi connectivity index (χ1n) is 24.3. The molecule has 0 aliphatic heterocycles. The van der Waals surface area contributed by atoms with Crippen LogP contribution in [0.3, 0.4) is 0 Å². The van der Waals surface area contributed by atoms with Gasteiger partial charge >= 0.3 is 6.18 Å². The molecule has 12 aromatic rings. The second-order valence-corrected chi connectivity index (χ2v) is 18.6. The zero-order chi connectivity index (χ0) is 53.8. The zero-order valence-corrected chi connectivity index (χ0v) is 40.8. The third kappa shape index (κ3) is 7.82. The molecule has 0 radical (unpaired) electrons. The topological polar surface area (TPSA) is 94.3 Å². The van der Waals surface area contributed by atoms with Crippen LogP contribution < -0.4 is 0 Å². The van der Waals surface area contributed by atoms with E-state index in [1.807, 2.05) is 130 Å². The summed E-state index contributed by atoms with van der Waals surface area (Å²) in [6.07, 6.45) is -4.80. The molecule has 2 heterocycles. The fourth-order valence-corrected chi connectivity index (χ4v) is 10.8. The fourth-order valence-electron chi connectivity index (χ4n) is 10.8. The second kappa shape index (κ2) is 18.8. The summed E-state index contributed by atoms with van der Waals surface area (Å²) in [4.78, 5) is 11.1. The third-order valence-corrected chi connectivity index (χ3v) is 14.3. The van der Waals surface area contributed by atoms with Crippen molar-refractivity contribution in [1.29, 1.82) is 15.8 Å². The first-order chi connectivity index (χ1) is 38.0. The maximum absolute atomic E-state index is 14.8. The minimum Gasteiger partial charge on any atom is -0.308 e. The lowest BCUT2D eigenvalue weighted by atomic mass is 9.97. The van der Waals surface area contributed by atoms with Gasteiger partial charge in [-0.05, 0) is 147 Å². The minimum atomic E-state index is -4.80. The summed E-state index contributed by atoms with van der Waals surface area (Å²) >= 11 is 0. The van der Waals surface area contributed by atoms with Crippen LogP contribution in [0, 0.1) is 53.7 Å². The van der Waals surface area contributed by atoms with Gasteiger partial charge in [-0.2, -0.15) is 29.0 Å². The van der Waals surface area contributed by atoms with E-state index >= 15 is 0 Å². The average Bonchev–Trinajstić information content (AvgIpc) is 4.23. The number of rotatable bonds is 7. The van der Waals surface area contributed by atoms with Crippen molar-refractivity contribution in [2.45, 2.75) is 6.18 Å². The molecule has 0 bridgehead atoms. The van der Waals surface area contributed by atoms with E-state index in [0.717, 1.165) is 55.9 Å². The smallest absolute Gasteiger partial charge is 0.308 e. The number of benzene rings is 10. The quantitative estimate of drug-likeness (QED) is 0.149. The van der Waals surface area contributed by atoms with Crippen LogP contribution in [0.5, 0.6) is 0 Å². The molecule has 10 aromatic carbocycles. The lowest BCUT2D eigenvalue weighted by molar-refractivity contribution is -0.137. The molecule has 0 aliphatic rings. The van der Waals surface area contributed by atoms with Gasteiger partial charge in [-0.3, -0.25) is 0 Å². The zero-order valence-electron chi connectivity index (χ0n) is 40.8. The molecule has 0 unspecified atom stereocenters. The largest absolute Gasteiger partial charge is 0.415 e. The number of nitriles is 3. The monoisotopic (exact) mass is 1010 g/mol. The van der Waals surface area contributed by atoms with Crippen molar-refractivity contribution >= 4 is 60.7 Å². The molecule has 362 valence electrons. The predicted molar refractivity (Wildman–Crippen MR) is 300 cm³/mol. The Morgan fingerprint density at radius 1 is 0.372 bits per heavy atom. The van der Waals surface area contributed by atoms with Gasteiger partial charge in [0.1, 0.15) is 11.6 Å².